The second-order valence-corrected chi connectivity index (χ2v) is 4.86. The first-order chi connectivity index (χ1) is 10.8. The van der Waals surface area contributed by atoms with Crippen molar-refractivity contribution in [2.45, 2.75) is 6.92 Å². The molecular weight excluding hydrogens is 272 g/mol. The minimum atomic E-state index is 0.694. The molecule has 1 N–H and O–H groups in total. The second kappa shape index (κ2) is 6.18. The van der Waals surface area contributed by atoms with Crippen molar-refractivity contribution in [2.24, 2.45) is 0 Å². The van der Waals surface area contributed by atoms with Crippen LogP contribution in [0.4, 0.5) is 0 Å². The maximum atomic E-state index is 4.66. The number of aromatic amines is 1. The van der Waals surface area contributed by atoms with Crippen LogP contribution in [0, 0.1) is 0 Å². The molecule has 3 aromatic rings. The monoisotopic (exact) mass is 288 g/mol. The Balaban J connectivity index is 2.07. The highest BCUT2D eigenvalue weighted by molar-refractivity contribution is 5.89. The van der Waals surface area contributed by atoms with Gasteiger partial charge in [-0.15, -0.1) is 0 Å². The van der Waals surface area contributed by atoms with Crippen LogP contribution in [0.2, 0.25) is 0 Å². The lowest BCUT2D eigenvalue weighted by atomic mass is 10.1. The molecule has 0 spiro atoms. The number of nitrogens with one attached hydrogen (secondary N) is 1. The summed E-state index contributed by atoms with van der Waals surface area (Å²) < 4.78 is 0. The van der Waals surface area contributed by atoms with Crippen molar-refractivity contribution >= 4 is 16.6 Å². The second-order valence-electron chi connectivity index (χ2n) is 4.86. The van der Waals surface area contributed by atoms with E-state index in [4.69, 9.17) is 0 Å². The van der Waals surface area contributed by atoms with Crippen molar-refractivity contribution in [1.82, 2.24) is 20.2 Å². The maximum Gasteiger partial charge on any atom is 0.155 e. The van der Waals surface area contributed by atoms with E-state index in [1.807, 2.05) is 55.5 Å². The van der Waals surface area contributed by atoms with Crippen LogP contribution in [0.1, 0.15) is 12.7 Å². The number of hydrogen-bond acceptors (Lipinski definition) is 3. The van der Waals surface area contributed by atoms with Crippen molar-refractivity contribution < 1.29 is 0 Å². The van der Waals surface area contributed by atoms with E-state index < -0.39 is 0 Å². The molecule has 0 atom stereocenters. The Kier molecular flexibility index (Phi) is 3.92. The Labute approximate surface area is 128 Å². The SMILES string of the molecule is C=C/C=C\C=C(/C)c1ncc2[nH]nc(-c3ccccc3)c2n1. The molecule has 2 aromatic heterocycles. The summed E-state index contributed by atoms with van der Waals surface area (Å²) in [6, 6.07) is 10.0. The molecule has 1 aromatic carbocycles. The summed E-state index contributed by atoms with van der Waals surface area (Å²) in [4.78, 5) is 9.04. The third-order valence-electron chi connectivity index (χ3n) is 3.29. The van der Waals surface area contributed by atoms with Crippen molar-refractivity contribution in [1.29, 1.82) is 0 Å². The molecule has 2 heterocycles. The average molecular weight is 288 g/mol. The zero-order chi connectivity index (χ0) is 15.4. The summed E-state index contributed by atoms with van der Waals surface area (Å²) in [5.74, 6) is 0.694. The lowest BCUT2D eigenvalue weighted by Gasteiger charge is -2.00. The zero-order valence-electron chi connectivity index (χ0n) is 12.3. The van der Waals surface area contributed by atoms with E-state index in [1.165, 1.54) is 0 Å². The van der Waals surface area contributed by atoms with E-state index in [-0.39, 0.29) is 0 Å². The molecule has 3 rings (SSSR count). The Morgan fingerprint density at radius 3 is 2.77 bits per heavy atom. The Bertz CT molecular complexity index is 857. The van der Waals surface area contributed by atoms with E-state index in [9.17, 15) is 0 Å². The van der Waals surface area contributed by atoms with Gasteiger partial charge in [-0.3, -0.25) is 5.10 Å². The molecule has 0 aliphatic heterocycles. The Morgan fingerprint density at radius 2 is 2.00 bits per heavy atom. The molecule has 0 amide bonds. The van der Waals surface area contributed by atoms with E-state index >= 15 is 0 Å². The fourth-order valence-electron chi connectivity index (χ4n) is 2.15. The third kappa shape index (κ3) is 2.72. The first kappa shape index (κ1) is 13.9. The first-order valence-corrected chi connectivity index (χ1v) is 7.02. The van der Waals surface area contributed by atoms with Crippen LogP contribution in [0.3, 0.4) is 0 Å². The van der Waals surface area contributed by atoms with Gasteiger partial charge in [-0.25, -0.2) is 9.97 Å². The van der Waals surface area contributed by atoms with Gasteiger partial charge < -0.3 is 0 Å². The molecule has 22 heavy (non-hydrogen) atoms. The van der Waals surface area contributed by atoms with Gasteiger partial charge in [0.25, 0.3) is 0 Å². The van der Waals surface area contributed by atoms with Gasteiger partial charge in [0.2, 0.25) is 0 Å². The topological polar surface area (TPSA) is 54.5 Å². The number of H-pyrrole nitrogens is 1. The van der Waals surface area contributed by atoms with Gasteiger partial charge >= 0.3 is 0 Å². The molecule has 108 valence electrons. The average Bonchev–Trinajstić information content (AvgIpc) is 2.99. The van der Waals surface area contributed by atoms with Crippen molar-refractivity contribution in [3.8, 4) is 11.3 Å². The molecule has 0 fully saturated rings. The van der Waals surface area contributed by atoms with Crippen LogP contribution in [0.25, 0.3) is 27.9 Å². The molecule has 4 heteroatoms. The van der Waals surface area contributed by atoms with Crippen LogP contribution in [0.5, 0.6) is 0 Å². The van der Waals surface area contributed by atoms with Crippen molar-refractivity contribution in [3.05, 3.63) is 73.2 Å². The smallest absolute Gasteiger partial charge is 0.155 e. The molecule has 0 aliphatic rings. The summed E-state index contributed by atoms with van der Waals surface area (Å²) >= 11 is 0. The Hall–Kier alpha value is -3.01. The minimum Gasteiger partial charge on any atom is -0.274 e. The van der Waals surface area contributed by atoms with E-state index in [0.29, 0.717) is 5.82 Å². The molecular formula is C18H16N4. The standard InChI is InChI=1S/C18H16N4/c1-3-4-6-9-13(2)18-19-12-15-17(20-18)16(22-21-15)14-10-7-5-8-11-14/h3-12H,1H2,2H3,(H,21,22)/b6-4-,13-9+. The molecule has 0 aliphatic carbocycles. The largest absolute Gasteiger partial charge is 0.274 e. The number of benzene rings is 1. The number of hydrogen-bond donors (Lipinski definition) is 1. The number of rotatable bonds is 4. The first-order valence-electron chi connectivity index (χ1n) is 7.02. The Morgan fingerprint density at radius 1 is 1.18 bits per heavy atom. The zero-order valence-corrected chi connectivity index (χ0v) is 12.3. The van der Waals surface area contributed by atoms with E-state index in [1.54, 1.807) is 12.3 Å². The quantitative estimate of drug-likeness (QED) is 0.733. The van der Waals surface area contributed by atoms with Gasteiger partial charge in [0.15, 0.2) is 5.82 Å². The van der Waals surface area contributed by atoms with Crippen LogP contribution in [0.15, 0.2) is 67.4 Å². The van der Waals surface area contributed by atoms with Gasteiger partial charge in [-0.2, -0.15) is 5.10 Å². The molecule has 0 unspecified atom stereocenters. The predicted molar refractivity (Wildman–Crippen MR) is 90.1 cm³/mol. The van der Waals surface area contributed by atoms with Gasteiger partial charge in [-0.05, 0) is 12.5 Å². The predicted octanol–water partition coefficient (Wildman–Crippen LogP) is 4.17. The lowest BCUT2D eigenvalue weighted by molar-refractivity contribution is 1.11. The van der Waals surface area contributed by atoms with Crippen molar-refractivity contribution in [3.63, 3.8) is 0 Å². The number of allylic oxidation sites excluding steroid dienone is 5. The van der Waals surface area contributed by atoms with Crippen molar-refractivity contribution in [2.75, 3.05) is 0 Å². The summed E-state index contributed by atoms with van der Waals surface area (Å²) in [6.07, 6.45) is 9.26. The number of aromatic nitrogens is 4. The summed E-state index contributed by atoms with van der Waals surface area (Å²) in [6.45, 7) is 5.63. The van der Waals surface area contributed by atoms with Gasteiger partial charge in [-0.1, -0.05) is 61.2 Å². The van der Waals surface area contributed by atoms with Gasteiger partial charge in [0, 0.05) is 5.56 Å². The summed E-state index contributed by atoms with van der Waals surface area (Å²) in [7, 11) is 0. The highest BCUT2D eigenvalue weighted by Gasteiger charge is 2.11. The van der Waals surface area contributed by atoms with Gasteiger partial charge in [0.1, 0.15) is 16.7 Å². The van der Waals surface area contributed by atoms with E-state index in [0.717, 1.165) is 27.9 Å². The lowest BCUT2D eigenvalue weighted by Crippen LogP contribution is -1.92. The number of nitrogens with zero attached hydrogens (tertiary/aromatic N) is 3. The summed E-state index contributed by atoms with van der Waals surface area (Å²) in [5, 5.41) is 7.35. The molecule has 0 radical (unpaired) electrons. The molecule has 0 saturated carbocycles. The van der Waals surface area contributed by atoms with Crippen LogP contribution >= 0.6 is 0 Å². The molecule has 4 nitrogen and oxygen atoms in total. The van der Waals surface area contributed by atoms with E-state index in [2.05, 4.69) is 26.7 Å². The summed E-state index contributed by atoms with van der Waals surface area (Å²) in [5.41, 5.74) is 4.52. The van der Waals surface area contributed by atoms with Crippen LogP contribution in [-0.2, 0) is 0 Å². The van der Waals surface area contributed by atoms with Gasteiger partial charge in [0.05, 0.1) is 6.20 Å². The minimum absolute atomic E-state index is 0.694. The highest BCUT2D eigenvalue weighted by atomic mass is 15.1. The molecule has 0 bridgehead atoms. The van der Waals surface area contributed by atoms with Crippen LogP contribution < -0.4 is 0 Å². The molecule has 0 saturated heterocycles. The fourth-order valence-corrected chi connectivity index (χ4v) is 2.15. The maximum absolute atomic E-state index is 4.66. The fraction of sp³-hybridized carbons (Fsp3) is 0.0556. The van der Waals surface area contributed by atoms with Crippen LogP contribution in [-0.4, -0.2) is 20.2 Å². The third-order valence-corrected chi connectivity index (χ3v) is 3.29. The highest BCUT2D eigenvalue weighted by Crippen LogP contribution is 2.25. The number of fused-ring (bicyclic) bond motifs is 1. The normalized spacial score (nSPS) is 12.1.